The van der Waals surface area contributed by atoms with Crippen LogP contribution in [0.3, 0.4) is 0 Å². The van der Waals surface area contributed by atoms with E-state index in [1.807, 2.05) is 0 Å². The maximum absolute atomic E-state index is 13.0. The molecule has 2 rings (SSSR count). The van der Waals surface area contributed by atoms with Gasteiger partial charge in [0.15, 0.2) is 0 Å². The van der Waals surface area contributed by atoms with Crippen LogP contribution in [-0.4, -0.2) is 42.8 Å². The van der Waals surface area contributed by atoms with Crippen LogP contribution in [0.2, 0.25) is 0 Å². The Morgan fingerprint density at radius 1 is 1.58 bits per heavy atom. The smallest absolute Gasteiger partial charge is 0.230 e. The number of amides is 1. The molecule has 3 nitrogen and oxygen atoms in total. The second-order valence-electron chi connectivity index (χ2n) is 3.84. The highest BCUT2D eigenvalue weighted by atomic mass is 19.1. The van der Waals surface area contributed by atoms with Crippen molar-refractivity contribution in [1.29, 1.82) is 0 Å². The van der Waals surface area contributed by atoms with Crippen LogP contribution in [0.25, 0.3) is 0 Å². The van der Waals surface area contributed by atoms with Crippen LogP contribution < -0.4 is 0 Å². The zero-order valence-electron chi connectivity index (χ0n) is 7.05. The van der Waals surface area contributed by atoms with E-state index < -0.39 is 5.67 Å². The van der Waals surface area contributed by atoms with Crippen molar-refractivity contribution in [2.75, 3.05) is 26.3 Å². The Balaban J connectivity index is 1.83. The molecular weight excluding hydrogens is 161 g/mol. The molecule has 2 heterocycles. The molecule has 68 valence electrons. The van der Waals surface area contributed by atoms with Gasteiger partial charge in [-0.05, 0) is 6.92 Å². The predicted octanol–water partition coefficient (Wildman–Crippen LogP) is 0.203. The van der Waals surface area contributed by atoms with Crippen LogP contribution in [0.15, 0.2) is 0 Å². The Morgan fingerprint density at radius 2 is 2.17 bits per heavy atom. The van der Waals surface area contributed by atoms with Gasteiger partial charge in [0.1, 0.15) is 5.67 Å². The van der Waals surface area contributed by atoms with Crippen molar-refractivity contribution in [3.63, 3.8) is 0 Å². The first kappa shape index (κ1) is 7.98. The largest absolute Gasteiger partial charge is 0.380 e. The van der Waals surface area contributed by atoms with E-state index in [0.717, 1.165) is 0 Å². The number of halogens is 1. The molecule has 0 bridgehead atoms. The van der Waals surface area contributed by atoms with E-state index in [1.54, 1.807) is 4.90 Å². The van der Waals surface area contributed by atoms with Gasteiger partial charge in [0.05, 0.1) is 32.2 Å². The summed E-state index contributed by atoms with van der Waals surface area (Å²) in [4.78, 5) is 12.9. The Labute approximate surface area is 70.5 Å². The lowest BCUT2D eigenvalue weighted by atomic mass is 9.95. The summed E-state index contributed by atoms with van der Waals surface area (Å²) in [5, 5.41) is 0. The van der Waals surface area contributed by atoms with E-state index in [-0.39, 0.29) is 24.9 Å². The van der Waals surface area contributed by atoms with E-state index in [1.165, 1.54) is 6.92 Å². The third-order valence-corrected chi connectivity index (χ3v) is 2.34. The van der Waals surface area contributed by atoms with Gasteiger partial charge in [0, 0.05) is 0 Å². The topological polar surface area (TPSA) is 29.5 Å². The minimum Gasteiger partial charge on any atom is -0.380 e. The number of likely N-dealkylation sites (tertiary alicyclic amines) is 1. The number of alkyl halides is 1. The molecule has 0 atom stereocenters. The van der Waals surface area contributed by atoms with Crippen molar-refractivity contribution in [2.45, 2.75) is 12.6 Å². The van der Waals surface area contributed by atoms with Crippen LogP contribution >= 0.6 is 0 Å². The summed E-state index contributed by atoms with van der Waals surface area (Å²) >= 11 is 0. The third-order valence-electron chi connectivity index (χ3n) is 2.34. The lowest BCUT2D eigenvalue weighted by molar-refractivity contribution is -0.162. The summed E-state index contributed by atoms with van der Waals surface area (Å²) in [5.41, 5.74) is -1.15. The van der Waals surface area contributed by atoms with Crippen molar-refractivity contribution in [1.82, 2.24) is 4.90 Å². The molecule has 0 aliphatic carbocycles. The van der Waals surface area contributed by atoms with Gasteiger partial charge in [-0.25, -0.2) is 4.39 Å². The normalized spacial score (nSPS) is 27.7. The standard InChI is InChI=1S/C8H12FNO2/c1-8(9)4-10(5-8)7(11)6-2-12-3-6/h6H,2-5H2,1H3. The molecule has 2 aliphatic rings. The first-order chi connectivity index (χ1) is 5.58. The molecule has 1 amide bonds. The van der Waals surface area contributed by atoms with Crippen molar-refractivity contribution in [3.8, 4) is 0 Å². The summed E-state index contributed by atoms with van der Waals surface area (Å²) < 4.78 is 17.9. The number of nitrogens with zero attached hydrogens (tertiary/aromatic N) is 1. The molecule has 2 saturated heterocycles. The van der Waals surface area contributed by atoms with Crippen molar-refractivity contribution < 1.29 is 13.9 Å². The van der Waals surface area contributed by atoms with Crippen LogP contribution in [-0.2, 0) is 9.53 Å². The molecule has 0 aromatic carbocycles. The summed E-state index contributed by atoms with van der Waals surface area (Å²) in [7, 11) is 0. The van der Waals surface area contributed by atoms with E-state index >= 15 is 0 Å². The third kappa shape index (κ3) is 1.20. The fourth-order valence-electron chi connectivity index (χ4n) is 1.54. The number of rotatable bonds is 1. The van der Waals surface area contributed by atoms with E-state index in [4.69, 9.17) is 4.74 Å². The minimum absolute atomic E-state index is 0.00102. The average Bonchev–Trinajstić information content (AvgIpc) is 1.77. The maximum atomic E-state index is 13.0. The summed E-state index contributed by atoms with van der Waals surface area (Å²) in [6.07, 6.45) is 0. The minimum atomic E-state index is -1.15. The number of ether oxygens (including phenoxy) is 1. The Kier molecular flexibility index (Phi) is 1.61. The summed E-state index contributed by atoms with van der Waals surface area (Å²) in [5.74, 6) is 0.0532. The lowest BCUT2D eigenvalue weighted by Crippen LogP contribution is -2.62. The molecule has 0 aromatic heterocycles. The molecule has 12 heavy (non-hydrogen) atoms. The predicted molar refractivity (Wildman–Crippen MR) is 40.4 cm³/mol. The van der Waals surface area contributed by atoms with Gasteiger partial charge >= 0.3 is 0 Å². The maximum Gasteiger partial charge on any atom is 0.230 e. The van der Waals surface area contributed by atoms with Crippen molar-refractivity contribution in [2.24, 2.45) is 5.92 Å². The highest BCUT2D eigenvalue weighted by molar-refractivity contribution is 5.80. The molecule has 2 aliphatic heterocycles. The van der Waals surface area contributed by atoms with Gasteiger partial charge in [0.25, 0.3) is 0 Å². The van der Waals surface area contributed by atoms with Crippen molar-refractivity contribution in [3.05, 3.63) is 0 Å². The number of hydrogen-bond donors (Lipinski definition) is 0. The number of carbonyl (C=O) groups is 1. The molecular formula is C8H12FNO2. The zero-order chi connectivity index (χ0) is 8.77. The summed E-state index contributed by atoms with van der Waals surface area (Å²) in [6, 6.07) is 0. The van der Waals surface area contributed by atoms with Crippen LogP contribution in [0.4, 0.5) is 4.39 Å². The van der Waals surface area contributed by atoms with Crippen LogP contribution in [0.5, 0.6) is 0 Å². The van der Waals surface area contributed by atoms with Gasteiger partial charge in [0.2, 0.25) is 5.91 Å². The fourth-order valence-corrected chi connectivity index (χ4v) is 1.54. The Hall–Kier alpha value is -0.640. The molecule has 0 N–H and O–H groups in total. The number of hydrogen-bond acceptors (Lipinski definition) is 2. The van der Waals surface area contributed by atoms with Gasteiger partial charge in [-0.1, -0.05) is 0 Å². The fraction of sp³-hybridized carbons (Fsp3) is 0.875. The zero-order valence-corrected chi connectivity index (χ0v) is 7.05. The second kappa shape index (κ2) is 2.42. The Bertz CT molecular complexity index is 205. The molecule has 0 unspecified atom stereocenters. The van der Waals surface area contributed by atoms with Crippen LogP contribution in [0.1, 0.15) is 6.92 Å². The highest BCUT2D eigenvalue weighted by Gasteiger charge is 2.44. The van der Waals surface area contributed by atoms with Gasteiger partial charge < -0.3 is 9.64 Å². The molecule has 0 radical (unpaired) electrons. The second-order valence-corrected chi connectivity index (χ2v) is 3.84. The summed E-state index contributed by atoms with van der Waals surface area (Å²) in [6.45, 7) is 3.05. The van der Waals surface area contributed by atoms with Crippen molar-refractivity contribution >= 4 is 5.91 Å². The molecule has 4 heteroatoms. The first-order valence-electron chi connectivity index (χ1n) is 4.14. The quantitative estimate of drug-likeness (QED) is 0.567. The molecule has 2 fully saturated rings. The molecule has 0 spiro atoms. The number of carbonyl (C=O) groups excluding carboxylic acids is 1. The SMILES string of the molecule is CC1(F)CN(C(=O)C2COC2)C1. The van der Waals surface area contributed by atoms with E-state index in [2.05, 4.69) is 0 Å². The monoisotopic (exact) mass is 173 g/mol. The highest BCUT2D eigenvalue weighted by Crippen LogP contribution is 2.27. The van der Waals surface area contributed by atoms with Crippen LogP contribution in [0, 0.1) is 5.92 Å². The van der Waals surface area contributed by atoms with Gasteiger partial charge in [-0.3, -0.25) is 4.79 Å². The Morgan fingerprint density at radius 3 is 2.50 bits per heavy atom. The first-order valence-corrected chi connectivity index (χ1v) is 4.14. The van der Waals surface area contributed by atoms with E-state index in [9.17, 15) is 9.18 Å². The van der Waals surface area contributed by atoms with E-state index in [0.29, 0.717) is 13.2 Å². The average molecular weight is 173 g/mol. The molecule has 0 saturated carbocycles. The molecule has 0 aromatic rings. The lowest BCUT2D eigenvalue weighted by Gasteiger charge is -2.44. The van der Waals surface area contributed by atoms with Gasteiger partial charge in [-0.2, -0.15) is 0 Å². The van der Waals surface area contributed by atoms with Gasteiger partial charge in [-0.15, -0.1) is 0 Å².